The van der Waals surface area contributed by atoms with Gasteiger partial charge in [0.15, 0.2) is 36.0 Å². The second-order valence-electron chi connectivity index (χ2n) is 9.16. The number of rotatable bonds is 6. The van der Waals surface area contributed by atoms with Crippen molar-refractivity contribution >= 4 is 40.4 Å². The molecule has 2 aromatic carbocycles. The summed E-state index contributed by atoms with van der Waals surface area (Å²) in [5.74, 6) is -0.857. The molecule has 5 rings (SSSR count). The Kier molecular flexibility index (Phi) is 7.39. The molecule has 3 heterocycles. The summed E-state index contributed by atoms with van der Waals surface area (Å²) in [7, 11) is 0. The first-order valence-electron chi connectivity index (χ1n) is 12.1. The van der Waals surface area contributed by atoms with E-state index in [9.17, 15) is 19.5 Å². The van der Waals surface area contributed by atoms with Gasteiger partial charge in [-0.25, -0.2) is 0 Å². The summed E-state index contributed by atoms with van der Waals surface area (Å²) < 4.78 is 34.9. The van der Waals surface area contributed by atoms with E-state index in [0.717, 1.165) is 0 Å². The number of halogens is 1. The lowest BCUT2D eigenvalue weighted by Gasteiger charge is -2.41. The van der Waals surface area contributed by atoms with Crippen molar-refractivity contribution in [2.75, 3.05) is 13.4 Å². The molecule has 0 radical (unpaired) electrons. The fourth-order valence-electron chi connectivity index (χ4n) is 4.94. The molecular formula is C27H26ClNO10. The molecular weight excluding hydrogens is 534 g/mol. The Hall–Kier alpha value is -3.80. The van der Waals surface area contributed by atoms with Crippen LogP contribution in [-0.4, -0.2) is 59.3 Å². The summed E-state index contributed by atoms with van der Waals surface area (Å²) >= 11 is 6.62. The van der Waals surface area contributed by atoms with Crippen LogP contribution in [0, 0.1) is 0 Å². The average molecular weight is 560 g/mol. The van der Waals surface area contributed by atoms with Gasteiger partial charge in [0.05, 0.1) is 17.1 Å². The first-order chi connectivity index (χ1) is 18.6. The Labute approximate surface area is 228 Å². The van der Waals surface area contributed by atoms with Crippen molar-refractivity contribution < 1.29 is 47.9 Å². The molecule has 2 aliphatic heterocycles. The zero-order valence-electron chi connectivity index (χ0n) is 21.3. The van der Waals surface area contributed by atoms with Crippen LogP contribution in [0.1, 0.15) is 44.2 Å². The molecule has 1 aromatic heterocycles. The topological polar surface area (TPSA) is 132 Å². The SMILES string of the molecule is CC(=O)O[C@@H]1[C@@H](OC(C)=O)[C@H](OC(C)=O)CO[C@H]1n1cc(C(O)c2ccc3c(c2)OCO3)c2c(Cl)cccc21. The smallest absolute Gasteiger partial charge is 0.303 e. The van der Waals surface area contributed by atoms with E-state index < -0.39 is 48.6 Å². The lowest BCUT2D eigenvalue weighted by Crippen LogP contribution is -2.55. The predicted molar refractivity (Wildman–Crippen MR) is 135 cm³/mol. The van der Waals surface area contributed by atoms with Crippen molar-refractivity contribution in [2.24, 2.45) is 0 Å². The highest BCUT2D eigenvalue weighted by molar-refractivity contribution is 6.35. The number of hydrogen-bond acceptors (Lipinski definition) is 10. The molecule has 11 nitrogen and oxygen atoms in total. The van der Waals surface area contributed by atoms with Crippen LogP contribution < -0.4 is 9.47 Å². The molecule has 0 bridgehead atoms. The first-order valence-corrected chi connectivity index (χ1v) is 12.5. The third-order valence-electron chi connectivity index (χ3n) is 6.44. The van der Waals surface area contributed by atoms with E-state index in [1.54, 1.807) is 47.2 Å². The van der Waals surface area contributed by atoms with Crippen LogP contribution in [0.3, 0.4) is 0 Å². The number of esters is 3. The van der Waals surface area contributed by atoms with E-state index in [4.69, 9.17) is 40.0 Å². The maximum Gasteiger partial charge on any atom is 0.303 e. The molecule has 1 N–H and O–H groups in total. The maximum absolute atomic E-state index is 12.1. The fraction of sp³-hybridized carbons (Fsp3) is 0.370. The Balaban J connectivity index is 1.60. The summed E-state index contributed by atoms with van der Waals surface area (Å²) in [5.41, 5.74) is 1.55. The Morgan fingerprint density at radius 1 is 0.974 bits per heavy atom. The third kappa shape index (κ3) is 5.25. The molecule has 0 spiro atoms. The largest absolute Gasteiger partial charge is 0.456 e. The zero-order valence-corrected chi connectivity index (χ0v) is 22.0. The van der Waals surface area contributed by atoms with Crippen LogP contribution in [0.25, 0.3) is 10.9 Å². The van der Waals surface area contributed by atoms with Crippen molar-refractivity contribution in [3.8, 4) is 11.5 Å². The summed E-state index contributed by atoms with van der Waals surface area (Å²) in [5, 5.41) is 12.4. The summed E-state index contributed by atoms with van der Waals surface area (Å²) in [4.78, 5) is 35.9. The van der Waals surface area contributed by atoms with Crippen molar-refractivity contribution in [3.63, 3.8) is 0 Å². The fourth-order valence-corrected chi connectivity index (χ4v) is 5.22. The Morgan fingerprint density at radius 2 is 1.67 bits per heavy atom. The number of fused-ring (bicyclic) bond motifs is 2. The van der Waals surface area contributed by atoms with Gasteiger partial charge in [-0.2, -0.15) is 0 Å². The number of aliphatic hydroxyl groups excluding tert-OH is 1. The normalized spacial score (nSPS) is 22.8. The molecule has 206 valence electrons. The average Bonchev–Trinajstić information content (AvgIpc) is 3.50. The van der Waals surface area contributed by atoms with Crippen LogP contribution in [0.4, 0.5) is 0 Å². The Morgan fingerprint density at radius 3 is 2.38 bits per heavy atom. The number of benzene rings is 2. The van der Waals surface area contributed by atoms with Gasteiger partial charge < -0.3 is 38.1 Å². The monoisotopic (exact) mass is 559 g/mol. The van der Waals surface area contributed by atoms with Gasteiger partial charge >= 0.3 is 17.9 Å². The van der Waals surface area contributed by atoms with E-state index in [2.05, 4.69) is 0 Å². The number of carbonyl (C=O) groups excluding carboxylic acids is 3. The first kappa shape index (κ1) is 26.8. The third-order valence-corrected chi connectivity index (χ3v) is 6.76. The molecule has 2 aliphatic rings. The predicted octanol–water partition coefficient (Wildman–Crippen LogP) is 3.43. The van der Waals surface area contributed by atoms with Gasteiger partial charge in [0.25, 0.3) is 0 Å². The quantitative estimate of drug-likeness (QED) is 0.354. The number of nitrogens with zero attached hydrogens (tertiary/aromatic N) is 1. The van der Waals surface area contributed by atoms with Crippen LogP contribution >= 0.6 is 11.6 Å². The molecule has 1 saturated heterocycles. The second-order valence-corrected chi connectivity index (χ2v) is 9.57. The minimum atomic E-state index is -1.20. The molecule has 1 unspecified atom stereocenters. The highest BCUT2D eigenvalue weighted by atomic mass is 35.5. The molecule has 0 amide bonds. The summed E-state index contributed by atoms with van der Waals surface area (Å²) in [6, 6.07) is 10.3. The van der Waals surface area contributed by atoms with Crippen molar-refractivity contribution in [3.05, 3.63) is 58.7 Å². The lowest BCUT2D eigenvalue weighted by molar-refractivity contribution is -0.239. The van der Waals surface area contributed by atoms with Crippen LogP contribution in [0.2, 0.25) is 5.02 Å². The summed E-state index contributed by atoms with van der Waals surface area (Å²) in [6.07, 6.45) is -3.89. The van der Waals surface area contributed by atoms with E-state index >= 15 is 0 Å². The summed E-state index contributed by atoms with van der Waals surface area (Å²) in [6.45, 7) is 3.55. The van der Waals surface area contributed by atoms with E-state index in [0.29, 0.717) is 38.6 Å². The minimum Gasteiger partial charge on any atom is -0.456 e. The number of aromatic nitrogens is 1. The lowest BCUT2D eigenvalue weighted by atomic mass is 10.0. The number of ether oxygens (including phenoxy) is 6. The Bertz CT molecular complexity index is 1440. The number of hydrogen-bond donors (Lipinski definition) is 1. The molecule has 0 aliphatic carbocycles. The highest BCUT2D eigenvalue weighted by Gasteiger charge is 2.48. The minimum absolute atomic E-state index is 0.0917. The molecule has 5 atom stereocenters. The zero-order chi connectivity index (χ0) is 27.8. The molecule has 3 aromatic rings. The molecule has 12 heteroatoms. The molecule has 1 fully saturated rings. The standard InChI is InChI=1S/C27H26ClNO10/c1-13(30)37-22-11-34-27(26(39-15(3)32)25(22)38-14(2)31)29-10-17(23-18(28)5-4-6-19(23)29)24(33)16-7-8-20-21(9-16)36-12-35-20/h4-10,22,24-27,33H,11-12H2,1-3H3/t22-,24?,25+,26-,27-/m1/s1. The maximum atomic E-state index is 12.1. The van der Waals surface area contributed by atoms with Gasteiger partial charge in [-0.1, -0.05) is 23.7 Å². The van der Waals surface area contributed by atoms with Crippen LogP contribution in [-0.2, 0) is 33.3 Å². The van der Waals surface area contributed by atoms with Crippen LogP contribution in [0.15, 0.2) is 42.6 Å². The molecule has 39 heavy (non-hydrogen) atoms. The van der Waals surface area contributed by atoms with E-state index in [1.165, 1.54) is 20.8 Å². The van der Waals surface area contributed by atoms with Gasteiger partial charge in [0, 0.05) is 37.9 Å². The van der Waals surface area contributed by atoms with Gasteiger partial charge in [0.2, 0.25) is 6.79 Å². The number of aliphatic hydroxyl groups is 1. The van der Waals surface area contributed by atoms with Crippen molar-refractivity contribution in [2.45, 2.75) is 51.4 Å². The van der Waals surface area contributed by atoms with Gasteiger partial charge in [-0.15, -0.1) is 0 Å². The second kappa shape index (κ2) is 10.8. The molecule has 0 saturated carbocycles. The van der Waals surface area contributed by atoms with Gasteiger partial charge in [-0.3, -0.25) is 14.4 Å². The van der Waals surface area contributed by atoms with E-state index in [-0.39, 0.29) is 13.4 Å². The van der Waals surface area contributed by atoms with Crippen LogP contribution in [0.5, 0.6) is 11.5 Å². The van der Waals surface area contributed by atoms with Crippen molar-refractivity contribution in [1.29, 1.82) is 0 Å². The number of carbonyl (C=O) groups is 3. The highest BCUT2D eigenvalue weighted by Crippen LogP contribution is 2.42. The van der Waals surface area contributed by atoms with Gasteiger partial charge in [0.1, 0.15) is 6.10 Å². The van der Waals surface area contributed by atoms with Crippen molar-refractivity contribution in [1.82, 2.24) is 4.57 Å². The van der Waals surface area contributed by atoms with Gasteiger partial charge in [-0.05, 0) is 29.8 Å². The van der Waals surface area contributed by atoms with E-state index in [1.807, 2.05) is 0 Å².